The van der Waals surface area contributed by atoms with Crippen LogP contribution in [0.15, 0.2) is 18.2 Å². The molecule has 0 atom stereocenters. The normalized spacial score (nSPS) is 9.78. The highest BCUT2D eigenvalue weighted by atomic mass is 35.5. The minimum atomic E-state index is -0.492. The second kappa shape index (κ2) is 7.48. The maximum atomic E-state index is 10.8. The quantitative estimate of drug-likeness (QED) is 0.357. The first-order valence-electron chi connectivity index (χ1n) is 5.24. The van der Waals surface area contributed by atoms with Crippen LogP contribution in [0, 0.1) is 16.7 Å². The van der Waals surface area contributed by atoms with Crippen LogP contribution in [-0.2, 0) is 4.74 Å². The van der Waals surface area contributed by atoms with Crippen molar-refractivity contribution >= 4 is 23.0 Å². The predicted octanol–water partition coefficient (Wildman–Crippen LogP) is 2.60. The van der Waals surface area contributed by atoms with Gasteiger partial charge in [0.05, 0.1) is 11.5 Å². The summed E-state index contributed by atoms with van der Waals surface area (Å²) in [6, 6.07) is 4.43. The van der Waals surface area contributed by atoms with E-state index in [0.717, 1.165) is 0 Å². The van der Waals surface area contributed by atoms with Crippen LogP contribution >= 0.6 is 11.6 Å². The summed E-state index contributed by atoms with van der Waals surface area (Å²) in [4.78, 5) is 13.4. The Labute approximate surface area is 109 Å². The third-order valence-electron chi connectivity index (χ3n) is 2.07. The van der Waals surface area contributed by atoms with Crippen molar-refractivity contribution < 1.29 is 9.66 Å². The fourth-order valence-corrected chi connectivity index (χ4v) is 1.44. The molecule has 0 aliphatic carbocycles. The van der Waals surface area contributed by atoms with E-state index in [1.54, 1.807) is 12.1 Å². The van der Waals surface area contributed by atoms with Gasteiger partial charge in [0.15, 0.2) is 0 Å². The summed E-state index contributed by atoms with van der Waals surface area (Å²) in [7, 11) is 0. The molecule has 18 heavy (non-hydrogen) atoms. The molecule has 1 aromatic carbocycles. The molecule has 0 heterocycles. The second-order valence-corrected chi connectivity index (χ2v) is 3.78. The highest BCUT2D eigenvalue weighted by Crippen LogP contribution is 2.27. The summed E-state index contributed by atoms with van der Waals surface area (Å²) >= 11 is 5.69. The molecule has 0 saturated carbocycles. The molecule has 96 valence electrons. The van der Waals surface area contributed by atoms with Gasteiger partial charge < -0.3 is 14.9 Å². The van der Waals surface area contributed by atoms with Crippen LogP contribution in [0.3, 0.4) is 0 Å². The fraction of sp³-hybridized carbons (Fsp3) is 0.364. The van der Waals surface area contributed by atoms with Gasteiger partial charge in [0.1, 0.15) is 12.3 Å². The minimum Gasteiger partial charge on any atom is -0.377 e. The maximum absolute atomic E-state index is 10.8. The molecule has 1 aromatic rings. The van der Waals surface area contributed by atoms with Crippen molar-refractivity contribution in [1.82, 2.24) is 0 Å². The molecule has 0 fully saturated rings. The lowest BCUT2D eigenvalue weighted by Crippen LogP contribution is -2.11. The zero-order valence-electron chi connectivity index (χ0n) is 9.56. The van der Waals surface area contributed by atoms with E-state index >= 15 is 0 Å². The molecule has 0 amide bonds. The van der Waals surface area contributed by atoms with Gasteiger partial charge in [0.25, 0.3) is 5.69 Å². The first-order chi connectivity index (χ1) is 8.65. The lowest BCUT2D eigenvalue weighted by molar-refractivity contribution is -0.383. The van der Waals surface area contributed by atoms with Gasteiger partial charge in [0, 0.05) is 17.6 Å². The van der Waals surface area contributed by atoms with E-state index < -0.39 is 4.92 Å². The van der Waals surface area contributed by atoms with Crippen LogP contribution in [0.2, 0.25) is 5.02 Å². The van der Waals surface area contributed by atoms with E-state index in [2.05, 4.69) is 10.2 Å². The van der Waals surface area contributed by atoms with Gasteiger partial charge in [-0.15, -0.1) is 0 Å². The van der Waals surface area contributed by atoms with Crippen LogP contribution in [0.1, 0.15) is 0 Å². The first-order valence-corrected chi connectivity index (χ1v) is 5.61. The predicted molar refractivity (Wildman–Crippen MR) is 68.9 cm³/mol. The number of halogens is 1. The average Bonchev–Trinajstić information content (AvgIpc) is 2.35. The number of hydrogen-bond acceptors (Lipinski definition) is 4. The molecule has 0 bridgehead atoms. The number of rotatable bonds is 7. The topological polar surface area (TPSA) is 68.8 Å². The standard InChI is InChI=1S/C11H12ClN3O3/c1-13-4-6-18-7-5-14-10-3-2-9(12)8-11(10)15(16)17/h2-3,8,14H,4-7H2. The van der Waals surface area contributed by atoms with Gasteiger partial charge in [-0.3, -0.25) is 10.1 Å². The van der Waals surface area contributed by atoms with Crippen molar-refractivity contribution in [2.75, 3.05) is 31.6 Å². The molecule has 1 N–H and O–H groups in total. The molecule has 7 heteroatoms. The van der Waals surface area contributed by atoms with Gasteiger partial charge >= 0.3 is 0 Å². The highest BCUT2D eigenvalue weighted by molar-refractivity contribution is 6.30. The Balaban J connectivity index is 2.47. The maximum Gasteiger partial charge on any atom is 0.293 e. The molecule has 1 rings (SSSR count). The summed E-state index contributed by atoms with van der Waals surface area (Å²) in [6.07, 6.45) is 0. The van der Waals surface area contributed by atoms with Gasteiger partial charge in [-0.2, -0.15) is 0 Å². The number of hydrogen-bond donors (Lipinski definition) is 1. The van der Waals surface area contributed by atoms with Crippen molar-refractivity contribution in [2.45, 2.75) is 0 Å². The summed E-state index contributed by atoms with van der Waals surface area (Å²) in [6.45, 7) is 8.06. The molecule has 0 spiro atoms. The van der Waals surface area contributed by atoms with E-state index in [0.29, 0.717) is 37.0 Å². The lowest BCUT2D eigenvalue weighted by atomic mass is 10.2. The number of anilines is 1. The summed E-state index contributed by atoms with van der Waals surface area (Å²) in [5, 5.41) is 14.0. The molecule has 0 aliphatic heterocycles. The van der Waals surface area contributed by atoms with Crippen LogP contribution in [-0.4, -0.2) is 31.2 Å². The van der Waals surface area contributed by atoms with Gasteiger partial charge in [-0.25, -0.2) is 6.57 Å². The fourth-order valence-electron chi connectivity index (χ4n) is 1.28. The molecule has 6 nitrogen and oxygen atoms in total. The zero-order valence-corrected chi connectivity index (χ0v) is 10.3. The highest BCUT2D eigenvalue weighted by Gasteiger charge is 2.13. The smallest absolute Gasteiger partial charge is 0.293 e. The SMILES string of the molecule is [C-]#[N+]CCOCCNc1ccc(Cl)cc1[N+](=O)[O-]. The number of benzene rings is 1. The van der Waals surface area contributed by atoms with Crippen molar-refractivity contribution in [3.8, 4) is 0 Å². The largest absolute Gasteiger partial charge is 0.377 e. The third kappa shape index (κ3) is 4.57. The average molecular weight is 270 g/mol. The summed E-state index contributed by atoms with van der Waals surface area (Å²) in [5.41, 5.74) is 0.335. The van der Waals surface area contributed by atoms with Gasteiger partial charge in [-0.1, -0.05) is 11.6 Å². The Morgan fingerprint density at radius 1 is 1.50 bits per heavy atom. The number of nitrogens with one attached hydrogen (secondary N) is 1. The van der Waals surface area contributed by atoms with Crippen LogP contribution in [0.4, 0.5) is 11.4 Å². The van der Waals surface area contributed by atoms with Crippen molar-refractivity contribution in [3.05, 3.63) is 44.8 Å². The Hall–Kier alpha value is -1.84. The molecule has 0 saturated heterocycles. The number of nitro benzene ring substituents is 1. The van der Waals surface area contributed by atoms with Crippen LogP contribution in [0.25, 0.3) is 4.85 Å². The van der Waals surface area contributed by atoms with E-state index in [1.165, 1.54) is 6.07 Å². The Bertz CT molecular complexity index is 459. The van der Waals surface area contributed by atoms with Crippen molar-refractivity contribution in [3.63, 3.8) is 0 Å². The number of nitrogens with zero attached hydrogens (tertiary/aromatic N) is 2. The van der Waals surface area contributed by atoms with E-state index in [1.807, 2.05) is 0 Å². The zero-order chi connectivity index (χ0) is 13.4. The minimum absolute atomic E-state index is 0.0661. The molecular weight excluding hydrogens is 258 g/mol. The molecular formula is C11H12ClN3O3. The molecule has 0 unspecified atom stereocenters. The lowest BCUT2D eigenvalue weighted by Gasteiger charge is -2.07. The molecule has 0 aromatic heterocycles. The van der Waals surface area contributed by atoms with E-state index in [9.17, 15) is 10.1 Å². The first kappa shape index (κ1) is 14.2. The Morgan fingerprint density at radius 2 is 2.28 bits per heavy atom. The van der Waals surface area contributed by atoms with Crippen molar-refractivity contribution in [2.24, 2.45) is 0 Å². The van der Waals surface area contributed by atoms with Gasteiger partial charge in [-0.05, 0) is 12.1 Å². The van der Waals surface area contributed by atoms with Gasteiger partial charge in [0.2, 0.25) is 6.54 Å². The third-order valence-corrected chi connectivity index (χ3v) is 2.30. The summed E-state index contributed by atoms with van der Waals surface area (Å²) in [5.74, 6) is 0. The van der Waals surface area contributed by atoms with Crippen LogP contribution in [0.5, 0.6) is 0 Å². The Morgan fingerprint density at radius 3 is 2.94 bits per heavy atom. The van der Waals surface area contributed by atoms with Crippen LogP contribution < -0.4 is 5.32 Å². The number of nitro groups is 1. The number of ether oxygens (including phenoxy) is 1. The van der Waals surface area contributed by atoms with E-state index in [4.69, 9.17) is 22.9 Å². The second-order valence-electron chi connectivity index (χ2n) is 3.34. The van der Waals surface area contributed by atoms with Crippen molar-refractivity contribution in [1.29, 1.82) is 0 Å². The van der Waals surface area contributed by atoms with E-state index in [-0.39, 0.29) is 5.69 Å². The monoisotopic (exact) mass is 269 g/mol. The summed E-state index contributed by atoms with van der Waals surface area (Å²) < 4.78 is 5.15. The molecule has 0 radical (unpaired) electrons. The Kier molecular flexibility index (Phi) is 5.91. The molecule has 0 aliphatic rings.